The molecule has 0 atom stereocenters. The van der Waals surface area contributed by atoms with Crippen molar-refractivity contribution < 1.29 is 9.53 Å². The molecule has 0 saturated heterocycles. The quantitative estimate of drug-likeness (QED) is 0.535. The molecule has 2 aromatic rings. The molecule has 1 aromatic carbocycles. The predicted octanol–water partition coefficient (Wildman–Crippen LogP) is 2.37. The van der Waals surface area contributed by atoms with Crippen LogP contribution in [0.15, 0.2) is 47.1 Å². The minimum atomic E-state index is -0.382. The molecule has 5 nitrogen and oxygen atoms in total. The van der Waals surface area contributed by atoms with Crippen molar-refractivity contribution in [2.24, 2.45) is 5.84 Å². The number of carbonyl (C=O) groups excluding carboxylic acids is 1. The van der Waals surface area contributed by atoms with Gasteiger partial charge in [0.2, 0.25) is 0 Å². The van der Waals surface area contributed by atoms with Gasteiger partial charge in [0, 0.05) is 10.7 Å². The van der Waals surface area contributed by atoms with Crippen LogP contribution in [-0.4, -0.2) is 18.0 Å². The summed E-state index contributed by atoms with van der Waals surface area (Å²) in [5, 5.41) is 0.990. The fourth-order valence-corrected chi connectivity index (χ4v) is 1.80. The maximum absolute atomic E-state index is 12.3. The number of hydrogen-bond acceptors (Lipinski definition) is 4. The molecule has 6 heteroatoms. The van der Waals surface area contributed by atoms with E-state index >= 15 is 0 Å². The van der Waals surface area contributed by atoms with Gasteiger partial charge in [0.25, 0.3) is 5.91 Å². The predicted molar refractivity (Wildman–Crippen MR) is 75.9 cm³/mol. The summed E-state index contributed by atoms with van der Waals surface area (Å²) in [4.78, 5) is 16.4. The normalized spacial score (nSPS) is 10.1. The highest BCUT2D eigenvalue weighted by atomic mass is 79.9. The van der Waals surface area contributed by atoms with E-state index in [1.54, 1.807) is 42.6 Å². The summed E-state index contributed by atoms with van der Waals surface area (Å²) in [7, 11) is 1.50. The lowest BCUT2D eigenvalue weighted by Gasteiger charge is -2.17. The van der Waals surface area contributed by atoms with Gasteiger partial charge in [-0.3, -0.25) is 4.79 Å². The van der Waals surface area contributed by atoms with Gasteiger partial charge in [-0.15, -0.1) is 0 Å². The number of amides is 1. The van der Waals surface area contributed by atoms with Crippen LogP contribution in [0.3, 0.4) is 0 Å². The van der Waals surface area contributed by atoms with E-state index in [1.165, 1.54) is 7.11 Å². The van der Waals surface area contributed by atoms with Gasteiger partial charge in [-0.05, 0) is 40.2 Å². The highest BCUT2D eigenvalue weighted by Crippen LogP contribution is 2.21. The van der Waals surface area contributed by atoms with Gasteiger partial charge in [0.15, 0.2) is 0 Å². The van der Waals surface area contributed by atoms with E-state index in [9.17, 15) is 4.79 Å². The largest absolute Gasteiger partial charge is 0.496 e. The molecular formula is C13H12BrN3O2. The molecule has 1 amide bonds. The molecule has 0 fully saturated rings. The molecule has 0 spiro atoms. The maximum Gasteiger partial charge on any atom is 0.277 e. The summed E-state index contributed by atoms with van der Waals surface area (Å²) in [5.41, 5.74) is 0.386. The van der Waals surface area contributed by atoms with Crippen molar-refractivity contribution in [2.75, 3.05) is 12.1 Å². The van der Waals surface area contributed by atoms with Crippen molar-refractivity contribution >= 4 is 27.7 Å². The number of carbonyl (C=O) groups is 1. The third-order valence-electron chi connectivity index (χ3n) is 2.51. The number of para-hydroxylation sites is 1. The minimum absolute atomic E-state index is 0.360. The third kappa shape index (κ3) is 2.91. The Morgan fingerprint density at radius 2 is 2.05 bits per heavy atom. The highest BCUT2D eigenvalue weighted by Gasteiger charge is 2.18. The average molecular weight is 322 g/mol. The number of nitrogens with two attached hydrogens (primary N) is 1. The van der Waals surface area contributed by atoms with E-state index in [1.807, 2.05) is 0 Å². The summed E-state index contributed by atoms with van der Waals surface area (Å²) in [6, 6.07) is 10.3. The fraction of sp³-hybridized carbons (Fsp3) is 0.0769. The number of halogens is 1. The molecule has 2 rings (SSSR count). The van der Waals surface area contributed by atoms with Crippen molar-refractivity contribution in [1.29, 1.82) is 0 Å². The number of methoxy groups -OCH3 is 1. The molecule has 19 heavy (non-hydrogen) atoms. The molecule has 2 N–H and O–H groups in total. The summed E-state index contributed by atoms with van der Waals surface area (Å²) < 4.78 is 5.95. The first-order valence-electron chi connectivity index (χ1n) is 5.47. The van der Waals surface area contributed by atoms with E-state index in [0.717, 1.165) is 9.48 Å². The number of hydrazine groups is 1. The van der Waals surface area contributed by atoms with Crippen molar-refractivity contribution in [2.45, 2.75) is 0 Å². The first-order valence-corrected chi connectivity index (χ1v) is 6.26. The van der Waals surface area contributed by atoms with E-state index in [4.69, 9.17) is 10.6 Å². The van der Waals surface area contributed by atoms with Crippen molar-refractivity contribution in [3.63, 3.8) is 0 Å². The second kappa shape index (κ2) is 5.81. The zero-order valence-corrected chi connectivity index (χ0v) is 11.8. The number of ether oxygens (including phenoxy) is 1. The van der Waals surface area contributed by atoms with Gasteiger partial charge >= 0.3 is 0 Å². The summed E-state index contributed by atoms with van der Waals surface area (Å²) in [5.74, 6) is 6.25. The summed E-state index contributed by atoms with van der Waals surface area (Å²) >= 11 is 3.27. The molecule has 1 heterocycles. The molecule has 0 aliphatic heterocycles. The van der Waals surface area contributed by atoms with Crippen molar-refractivity contribution in [3.05, 3.63) is 52.6 Å². The Bertz CT molecular complexity index is 587. The Balaban J connectivity index is 2.30. The molecule has 0 unspecified atom stereocenters. The highest BCUT2D eigenvalue weighted by molar-refractivity contribution is 9.10. The topological polar surface area (TPSA) is 68.5 Å². The molecule has 0 bridgehead atoms. The van der Waals surface area contributed by atoms with Crippen LogP contribution in [0.2, 0.25) is 0 Å². The van der Waals surface area contributed by atoms with Crippen LogP contribution in [0.25, 0.3) is 0 Å². The van der Waals surface area contributed by atoms with Gasteiger partial charge in [-0.1, -0.05) is 12.1 Å². The van der Waals surface area contributed by atoms with Gasteiger partial charge in [0.1, 0.15) is 11.6 Å². The van der Waals surface area contributed by atoms with Gasteiger partial charge in [0.05, 0.1) is 12.7 Å². The Hall–Kier alpha value is -1.92. The number of anilines is 1. The van der Waals surface area contributed by atoms with Crippen LogP contribution >= 0.6 is 15.9 Å². The third-order valence-corrected chi connectivity index (χ3v) is 2.98. The molecular weight excluding hydrogens is 310 g/mol. The average Bonchev–Trinajstić information content (AvgIpc) is 2.46. The first kappa shape index (κ1) is 13.5. The number of rotatable bonds is 3. The number of hydrogen-bond donors (Lipinski definition) is 1. The maximum atomic E-state index is 12.3. The van der Waals surface area contributed by atoms with E-state index in [2.05, 4.69) is 20.9 Å². The number of benzene rings is 1. The number of nitrogens with zero attached hydrogens (tertiary/aromatic N) is 2. The zero-order valence-electron chi connectivity index (χ0n) is 10.2. The molecule has 98 valence electrons. The van der Waals surface area contributed by atoms with Crippen molar-refractivity contribution in [1.82, 2.24) is 4.98 Å². The lowest BCUT2D eigenvalue weighted by atomic mass is 10.2. The van der Waals surface area contributed by atoms with Crippen molar-refractivity contribution in [3.8, 4) is 5.75 Å². The Kier molecular flexibility index (Phi) is 4.13. The Labute approximate surface area is 119 Å². The molecule has 0 saturated carbocycles. The van der Waals surface area contributed by atoms with Crippen LogP contribution in [0.5, 0.6) is 5.75 Å². The Morgan fingerprint density at radius 3 is 2.68 bits per heavy atom. The van der Waals surface area contributed by atoms with Crippen LogP contribution in [0.4, 0.5) is 5.82 Å². The summed E-state index contributed by atoms with van der Waals surface area (Å²) in [6.07, 6.45) is 1.57. The second-order valence-electron chi connectivity index (χ2n) is 3.71. The van der Waals surface area contributed by atoms with Crippen LogP contribution in [-0.2, 0) is 0 Å². The minimum Gasteiger partial charge on any atom is -0.496 e. The van der Waals surface area contributed by atoms with Gasteiger partial charge in [-0.2, -0.15) is 0 Å². The lowest BCUT2D eigenvalue weighted by Crippen LogP contribution is -2.38. The van der Waals surface area contributed by atoms with Gasteiger partial charge in [-0.25, -0.2) is 15.8 Å². The fourth-order valence-electron chi connectivity index (χ4n) is 1.57. The van der Waals surface area contributed by atoms with E-state index in [0.29, 0.717) is 17.1 Å². The number of aromatic nitrogens is 1. The standard InChI is InChI=1S/C13H12BrN3O2/c1-19-11-5-3-2-4-10(11)13(18)17(15)12-7-6-9(14)8-16-12/h2-8H,15H2,1H3. The lowest BCUT2D eigenvalue weighted by molar-refractivity contribution is 0.0983. The smallest absolute Gasteiger partial charge is 0.277 e. The summed E-state index contributed by atoms with van der Waals surface area (Å²) in [6.45, 7) is 0. The van der Waals surface area contributed by atoms with E-state index < -0.39 is 0 Å². The van der Waals surface area contributed by atoms with Crippen LogP contribution < -0.4 is 15.6 Å². The van der Waals surface area contributed by atoms with E-state index in [-0.39, 0.29) is 5.91 Å². The Morgan fingerprint density at radius 1 is 1.32 bits per heavy atom. The second-order valence-corrected chi connectivity index (χ2v) is 4.63. The molecule has 0 aliphatic rings. The zero-order chi connectivity index (χ0) is 13.8. The number of pyridine rings is 1. The molecule has 0 aliphatic carbocycles. The van der Waals surface area contributed by atoms with Crippen LogP contribution in [0, 0.1) is 0 Å². The molecule has 0 radical (unpaired) electrons. The van der Waals surface area contributed by atoms with Gasteiger partial charge < -0.3 is 4.74 Å². The molecule has 1 aromatic heterocycles. The first-order chi connectivity index (χ1) is 9.13. The SMILES string of the molecule is COc1ccccc1C(=O)N(N)c1ccc(Br)cn1. The van der Waals surface area contributed by atoms with Crippen LogP contribution in [0.1, 0.15) is 10.4 Å². The monoisotopic (exact) mass is 321 g/mol.